The molecule has 2 fully saturated rings. The van der Waals surface area contributed by atoms with Crippen molar-refractivity contribution in [3.8, 4) is 17.1 Å². The number of nitrogen functional groups attached to an aromatic ring is 1. The highest BCUT2D eigenvalue weighted by molar-refractivity contribution is 7.80. The molecule has 39 heavy (non-hydrogen) atoms. The standard InChI is InChI=1S/C32H40N4O2S/c1-20-8-6-9-21(2)30(20)27-19-29(36-32(33)35-27)38-28(17-23-14-15-23)26(16-22-10-4-3-5-11-22)34-31(37)24-12-7-13-25(39)18-24/h6-9,12-13,18-19,22-23,26,28,39H,3-5,10-11,14-17H2,1-2H3,(H,34,37)(H2,33,35,36)/t26-,28-/m1/s1. The van der Waals surface area contributed by atoms with Crippen LogP contribution in [0.3, 0.4) is 0 Å². The summed E-state index contributed by atoms with van der Waals surface area (Å²) in [6, 6.07) is 15.4. The summed E-state index contributed by atoms with van der Waals surface area (Å²) in [4.78, 5) is 23.2. The first-order chi connectivity index (χ1) is 18.9. The molecule has 0 bridgehead atoms. The molecule has 2 aromatic carbocycles. The molecule has 0 aliphatic heterocycles. The fourth-order valence-corrected chi connectivity index (χ4v) is 6.19. The van der Waals surface area contributed by atoms with Crippen LogP contribution >= 0.6 is 12.6 Å². The van der Waals surface area contributed by atoms with Crippen LogP contribution in [0.2, 0.25) is 0 Å². The molecule has 206 valence electrons. The minimum absolute atomic E-state index is 0.0884. The lowest BCUT2D eigenvalue weighted by atomic mass is 9.83. The Bertz CT molecular complexity index is 1280. The molecule has 1 heterocycles. The lowest BCUT2D eigenvalue weighted by Crippen LogP contribution is -2.47. The number of anilines is 1. The second-order valence-corrected chi connectivity index (χ2v) is 11.9. The van der Waals surface area contributed by atoms with Crippen LogP contribution in [0.4, 0.5) is 5.95 Å². The Morgan fingerprint density at radius 1 is 0.974 bits per heavy atom. The van der Waals surface area contributed by atoms with Crippen LogP contribution in [0.1, 0.15) is 79.3 Å². The summed E-state index contributed by atoms with van der Waals surface area (Å²) < 4.78 is 6.69. The number of hydrogen-bond acceptors (Lipinski definition) is 6. The third-order valence-electron chi connectivity index (χ3n) is 8.18. The van der Waals surface area contributed by atoms with Gasteiger partial charge in [0, 0.05) is 22.1 Å². The molecule has 6 nitrogen and oxygen atoms in total. The van der Waals surface area contributed by atoms with Crippen LogP contribution in [0.5, 0.6) is 5.88 Å². The first-order valence-electron chi connectivity index (χ1n) is 14.3. The Balaban J connectivity index is 1.44. The molecule has 0 spiro atoms. The number of ether oxygens (including phenoxy) is 1. The number of carbonyl (C=O) groups is 1. The molecule has 3 aromatic rings. The van der Waals surface area contributed by atoms with Gasteiger partial charge in [0.15, 0.2) is 0 Å². The molecule has 2 aliphatic carbocycles. The van der Waals surface area contributed by atoms with Gasteiger partial charge in [-0.15, -0.1) is 12.6 Å². The van der Waals surface area contributed by atoms with Crippen molar-refractivity contribution in [1.29, 1.82) is 0 Å². The maximum atomic E-state index is 13.4. The molecule has 0 radical (unpaired) electrons. The van der Waals surface area contributed by atoms with Gasteiger partial charge in [-0.2, -0.15) is 4.98 Å². The predicted octanol–water partition coefficient (Wildman–Crippen LogP) is 6.95. The van der Waals surface area contributed by atoms with Crippen LogP contribution < -0.4 is 15.8 Å². The number of hydrogen-bond donors (Lipinski definition) is 3. The summed E-state index contributed by atoms with van der Waals surface area (Å²) >= 11 is 4.44. The zero-order valence-electron chi connectivity index (χ0n) is 23.0. The van der Waals surface area contributed by atoms with Gasteiger partial charge >= 0.3 is 0 Å². The summed E-state index contributed by atoms with van der Waals surface area (Å²) in [7, 11) is 0. The lowest BCUT2D eigenvalue weighted by Gasteiger charge is -2.33. The van der Waals surface area contributed by atoms with E-state index in [2.05, 4.69) is 53.9 Å². The largest absolute Gasteiger partial charge is 0.472 e. The van der Waals surface area contributed by atoms with Gasteiger partial charge in [0.05, 0.1) is 11.7 Å². The van der Waals surface area contributed by atoms with Gasteiger partial charge < -0.3 is 15.8 Å². The summed E-state index contributed by atoms with van der Waals surface area (Å²) in [6.45, 7) is 4.15. The minimum Gasteiger partial charge on any atom is -0.472 e. The zero-order valence-corrected chi connectivity index (χ0v) is 23.9. The molecule has 1 aromatic heterocycles. The van der Waals surface area contributed by atoms with Crippen LogP contribution in [0.15, 0.2) is 53.4 Å². The number of aromatic nitrogens is 2. The molecule has 2 saturated carbocycles. The van der Waals surface area contributed by atoms with E-state index in [1.807, 2.05) is 36.4 Å². The van der Waals surface area contributed by atoms with E-state index in [-0.39, 0.29) is 24.0 Å². The fourth-order valence-electron chi connectivity index (χ4n) is 5.97. The quantitative estimate of drug-likeness (QED) is 0.240. The Morgan fingerprint density at radius 3 is 2.36 bits per heavy atom. The maximum absolute atomic E-state index is 13.4. The molecule has 1 amide bonds. The third kappa shape index (κ3) is 7.33. The van der Waals surface area contributed by atoms with Gasteiger partial charge in [-0.25, -0.2) is 4.98 Å². The number of nitrogens with zero attached hydrogens (tertiary/aromatic N) is 2. The van der Waals surface area contributed by atoms with E-state index in [9.17, 15) is 4.79 Å². The average molecular weight is 545 g/mol. The van der Waals surface area contributed by atoms with E-state index >= 15 is 0 Å². The monoisotopic (exact) mass is 544 g/mol. The summed E-state index contributed by atoms with van der Waals surface area (Å²) in [5.41, 5.74) is 10.9. The Morgan fingerprint density at radius 2 is 1.67 bits per heavy atom. The summed E-state index contributed by atoms with van der Waals surface area (Å²) in [5.74, 6) is 1.75. The van der Waals surface area contributed by atoms with E-state index in [0.717, 1.165) is 40.1 Å². The van der Waals surface area contributed by atoms with Gasteiger partial charge in [0.1, 0.15) is 6.10 Å². The number of nitrogens with one attached hydrogen (secondary N) is 1. The molecular weight excluding hydrogens is 504 g/mol. The maximum Gasteiger partial charge on any atom is 0.251 e. The van der Waals surface area contributed by atoms with Crippen LogP contribution in [-0.2, 0) is 0 Å². The summed E-state index contributed by atoms with van der Waals surface area (Å²) in [5, 5.41) is 3.37. The van der Waals surface area contributed by atoms with Gasteiger partial charge in [-0.1, -0.05) is 69.2 Å². The molecule has 0 saturated heterocycles. The van der Waals surface area contributed by atoms with Crippen molar-refractivity contribution in [1.82, 2.24) is 15.3 Å². The Hall–Kier alpha value is -3.06. The smallest absolute Gasteiger partial charge is 0.251 e. The normalized spacial score (nSPS) is 17.4. The number of rotatable bonds is 10. The van der Waals surface area contributed by atoms with Crippen molar-refractivity contribution in [2.75, 3.05) is 5.73 Å². The molecule has 5 rings (SSSR count). The van der Waals surface area contributed by atoms with Crippen molar-refractivity contribution >= 4 is 24.5 Å². The van der Waals surface area contributed by atoms with Crippen molar-refractivity contribution in [3.05, 3.63) is 65.2 Å². The number of thiol groups is 1. The highest BCUT2D eigenvalue weighted by Gasteiger charge is 2.35. The number of amides is 1. The summed E-state index contributed by atoms with van der Waals surface area (Å²) in [6.07, 6.45) is 10.2. The first-order valence-corrected chi connectivity index (χ1v) is 14.8. The van der Waals surface area contributed by atoms with Gasteiger partial charge in [0.25, 0.3) is 5.91 Å². The van der Waals surface area contributed by atoms with E-state index in [4.69, 9.17) is 10.5 Å². The highest BCUT2D eigenvalue weighted by atomic mass is 32.1. The van der Waals surface area contributed by atoms with Gasteiger partial charge in [-0.05, 0) is 67.9 Å². The van der Waals surface area contributed by atoms with E-state index < -0.39 is 0 Å². The van der Waals surface area contributed by atoms with Crippen LogP contribution in [-0.4, -0.2) is 28.0 Å². The van der Waals surface area contributed by atoms with Crippen molar-refractivity contribution in [2.24, 2.45) is 11.8 Å². The highest BCUT2D eigenvalue weighted by Crippen LogP contribution is 2.37. The third-order valence-corrected chi connectivity index (χ3v) is 8.46. The fraction of sp³-hybridized carbons (Fsp3) is 0.469. The van der Waals surface area contributed by atoms with Crippen molar-refractivity contribution in [3.63, 3.8) is 0 Å². The molecule has 2 aliphatic rings. The molecule has 7 heteroatoms. The second-order valence-electron chi connectivity index (χ2n) is 11.4. The minimum atomic E-state index is -0.206. The zero-order chi connectivity index (χ0) is 27.4. The lowest BCUT2D eigenvalue weighted by molar-refractivity contribution is 0.0795. The van der Waals surface area contributed by atoms with Crippen LogP contribution in [0.25, 0.3) is 11.3 Å². The number of aryl methyl sites for hydroxylation is 2. The van der Waals surface area contributed by atoms with Crippen LogP contribution in [0, 0.1) is 25.7 Å². The first kappa shape index (κ1) is 27.5. The van der Waals surface area contributed by atoms with E-state index in [1.165, 1.54) is 44.9 Å². The van der Waals surface area contributed by atoms with Gasteiger partial charge in [-0.3, -0.25) is 4.79 Å². The number of nitrogens with two attached hydrogens (primary N) is 1. The molecule has 0 unspecified atom stereocenters. The molecular formula is C32H40N4O2S. The van der Waals surface area contributed by atoms with E-state index in [1.54, 1.807) is 0 Å². The Labute approximate surface area is 237 Å². The SMILES string of the molecule is Cc1cccc(C)c1-c1cc(O[C@H](CC2CC2)[C@@H](CC2CCCCC2)NC(=O)c2cccc(S)c2)nc(N)n1. The topological polar surface area (TPSA) is 90.1 Å². The molecule has 2 atom stereocenters. The molecule has 3 N–H and O–H groups in total. The van der Waals surface area contributed by atoms with Crippen molar-refractivity contribution < 1.29 is 9.53 Å². The van der Waals surface area contributed by atoms with Crippen molar-refractivity contribution in [2.45, 2.75) is 88.7 Å². The average Bonchev–Trinajstić information content (AvgIpc) is 3.72. The number of benzene rings is 2. The van der Waals surface area contributed by atoms with Gasteiger partial charge in [0.2, 0.25) is 11.8 Å². The number of carbonyl (C=O) groups excluding carboxylic acids is 1. The second kappa shape index (κ2) is 12.4. The van der Waals surface area contributed by atoms with E-state index in [0.29, 0.717) is 23.3 Å². The Kier molecular flexibility index (Phi) is 8.75. The predicted molar refractivity (Wildman–Crippen MR) is 159 cm³/mol.